The summed E-state index contributed by atoms with van der Waals surface area (Å²) in [7, 11) is 0. The SMILES string of the molecule is Cc1c(Cl)cccc1NC(=O)CN1C(=O)C(C)(C)Oc2ccc([N+](=O)[O-])nc21. The third kappa shape index (κ3) is 3.61. The van der Waals surface area contributed by atoms with E-state index in [2.05, 4.69) is 10.3 Å². The van der Waals surface area contributed by atoms with Gasteiger partial charge in [-0.05, 0) is 54.4 Å². The number of amides is 2. The fraction of sp³-hybridized carbons (Fsp3) is 0.278. The van der Waals surface area contributed by atoms with E-state index in [0.717, 1.165) is 4.90 Å². The molecule has 1 aliphatic rings. The predicted octanol–water partition coefficient (Wildman–Crippen LogP) is 3.09. The number of benzene rings is 1. The van der Waals surface area contributed by atoms with Crippen molar-refractivity contribution in [2.24, 2.45) is 0 Å². The van der Waals surface area contributed by atoms with Crippen LogP contribution >= 0.6 is 11.6 Å². The zero-order valence-electron chi connectivity index (χ0n) is 15.4. The lowest BCUT2D eigenvalue weighted by Gasteiger charge is -2.35. The van der Waals surface area contributed by atoms with E-state index in [0.29, 0.717) is 16.3 Å². The van der Waals surface area contributed by atoms with E-state index in [1.165, 1.54) is 12.1 Å². The van der Waals surface area contributed by atoms with E-state index in [1.54, 1.807) is 39.0 Å². The largest absolute Gasteiger partial charge is 0.472 e. The smallest absolute Gasteiger partial charge is 0.366 e. The molecular weight excluding hydrogens is 388 g/mol. The summed E-state index contributed by atoms with van der Waals surface area (Å²) in [6.07, 6.45) is 0. The minimum Gasteiger partial charge on any atom is -0.472 e. The number of nitrogens with zero attached hydrogens (tertiary/aromatic N) is 3. The molecule has 0 saturated carbocycles. The topological polar surface area (TPSA) is 115 Å². The Kier molecular flexibility index (Phi) is 4.95. The minimum atomic E-state index is -1.25. The van der Waals surface area contributed by atoms with Crippen molar-refractivity contribution < 1.29 is 19.2 Å². The molecule has 3 rings (SSSR count). The molecule has 28 heavy (non-hydrogen) atoms. The minimum absolute atomic E-state index is 0.0727. The number of fused-ring (bicyclic) bond motifs is 1. The van der Waals surface area contributed by atoms with Crippen molar-refractivity contribution in [2.45, 2.75) is 26.4 Å². The number of hydrogen-bond donors (Lipinski definition) is 1. The van der Waals surface area contributed by atoms with Crippen LogP contribution in [-0.2, 0) is 9.59 Å². The van der Waals surface area contributed by atoms with Gasteiger partial charge in [0.15, 0.2) is 11.4 Å². The first kappa shape index (κ1) is 19.6. The molecule has 0 spiro atoms. The average Bonchev–Trinajstić information content (AvgIpc) is 2.62. The second-order valence-electron chi connectivity index (χ2n) is 6.71. The molecule has 1 aromatic heterocycles. The van der Waals surface area contributed by atoms with E-state index in [-0.39, 0.29) is 11.6 Å². The molecule has 1 aromatic carbocycles. The Morgan fingerprint density at radius 3 is 2.75 bits per heavy atom. The quantitative estimate of drug-likeness (QED) is 0.618. The lowest BCUT2D eigenvalue weighted by atomic mass is 10.1. The zero-order chi connectivity index (χ0) is 20.6. The molecule has 0 unspecified atom stereocenters. The van der Waals surface area contributed by atoms with Gasteiger partial charge in [-0.15, -0.1) is 0 Å². The highest BCUT2D eigenvalue weighted by Crippen LogP contribution is 2.37. The molecule has 0 saturated heterocycles. The Labute approximate surface area is 165 Å². The molecule has 1 N–H and O–H groups in total. The van der Waals surface area contributed by atoms with E-state index in [9.17, 15) is 19.7 Å². The van der Waals surface area contributed by atoms with Gasteiger partial charge < -0.3 is 20.2 Å². The predicted molar refractivity (Wildman–Crippen MR) is 103 cm³/mol. The second-order valence-corrected chi connectivity index (χ2v) is 7.12. The van der Waals surface area contributed by atoms with Crippen LogP contribution in [0.25, 0.3) is 0 Å². The van der Waals surface area contributed by atoms with Gasteiger partial charge in [-0.25, -0.2) is 0 Å². The highest BCUT2D eigenvalue weighted by Gasteiger charge is 2.45. The van der Waals surface area contributed by atoms with Gasteiger partial charge in [-0.2, -0.15) is 0 Å². The first-order valence-electron chi connectivity index (χ1n) is 8.31. The van der Waals surface area contributed by atoms with Crippen molar-refractivity contribution in [2.75, 3.05) is 16.8 Å². The zero-order valence-corrected chi connectivity index (χ0v) is 16.1. The van der Waals surface area contributed by atoms with Crippen LogP contribution in [0.5, 0.6) is 5.75 Å². The Hall–Kier alpha value is -3.20. The monoisotopic (exact) mass is 404 g/mol. The molecule has 9 nitrogen and oxygen atoms in total. The number of carbonyl (C=O) groups excluding carboxylic acids is 2. The number of ether oxygens (including phenoxy) is 1. The van der Waals surface area contributed by atoms with Crippen molar-refractivity contribution in [3.8, 4) is 5.75 Å². The summed E-state index contributed by atoms with van der Waals surface area (Å²) in [5.41, 5.74) is -0.0677. The maximum Gasteiger partial charge on any atom is 0.366 e. The van der Waals surface area contributed by atoms with Gasteiger partial charge in [0.05, 0.1) is 0 Å². The Bertz CT molecular complexity index is 992. The summed E-state index contributed by atoms with van der Waals surface area (Å²) in [5, 5.41) is 14.2. The van der Waals surface area contributed by atoms with Gasteiger partial charge in [0.1, 0.15) is 6.54 Å². The first-order valence-corrected chi connectivity index (χ1v) is 8.69. The number of rotatable bonds is 4. The standard InChI is InChI=1S/C18H17ClN4O5/c1-10-11(19)5-4-6-12(10)20-15(24)9-22-16-13(28-18(2,3)17(22)25)7-8-14(21-16)23(26)27/h4-8H,9H2,1-3H3,(H,20,24). The van der Waals surface area contributed by atoms with Crippen molar-refractivity contribution in [1.29, 1.82) is 0 Å². The molecule has 10 heteroatoms. The first-order chi connectivity index (χ1) is 13.1. The molecule has 0 aliphatic carbocycles. The van der Waals surface area contributed by atoms with Gasteiger partial charge >= 0.3 is 5.82 Å². The van der Waals surface area contributed by atoms with Crippen molar-refractivity contribution in [3.63, 3.8) is 0 Å². The molecule has 0 atom stereocenters. The summed E-state index contributed by atoms with van der Waals surface area (Å²) in [6, 6.07) is 7.61. The summed E-state index contributed by atoms with van der Waals surface area (Å²) in [4.78, 5) is 40.7. The Morgan fingerprint density at radius 1 is 1.36 bits per heavy atom. The summed E-state index contributed by atoms with van der Waals surface area (Å²) >= 11 is 6.06. The van der Waals surface area contributed by atoms with Crippen LogP contribution < -0.4 is 15.0 Å². The van der Waals surface area contributed by atoms with Gasteiger partial charge in [0.2, 0.25) is 5.91 Å². The molecule has 0 bridgehead atoms. The maximum absolute atomic E-state index is 12.8. The van der Waals surface area contributed by atoms with E-state index >= 15 is 0 Å². The molecule has 0 fully saturated rings. The number of nitrogens with one attached hydrogen (secondary N) is 1. The lowest BCUT2D eigenvalue weighted by Crippen LogP contribution is -2.54. The van der Waals surface area contributed by atoms with E-state index < -0.39 is 34.7 Å². The number of halogens is 1. The number of aromatic nitrogens is 1. The molecule has 1 aliphatic heterocycles. The van der Waals surface area contributed by atoms with Crippen LogP contribution in [0.2, 0.25) is 5.02 Å². The van der Waals surface area contributed by atoms with Crippen LogP contribution in [0.1, 0.15) is 19.4 Å². The number of anilines is 2. The van der Waals surface area contributed by atoms with Crippen LogP contribution in [0.3, 0.4) is 0 Å². The third-order valence-electron chi connectivity index (χ3n) is 4.24. The maximum atomic E-state index is 12.8. The van der Waals surface area contributed by atoms with Gasteiger partial charge in [0, 0.05) is 16.8 Å². The fourth-order valence-electron chi connectivity index (χ4n) is 2.76. The summed E-state index contributed by atoms with van der Waals surface area (Å²) in [5.74, 6) is -1.38. The second kappa shape index (κ2) is 7.08. The number of nitro groups is 1. The highest BCUT2D eigenvalue weighted by molar-refractivity contribution is 6.31. The highest BCUT2D eigenvalue weighted by atomic mass is 35.5. The Morgan fingerprint density at radius 2 is 2.07 bits per heavy atom. The number of pyridine rings is 1. The summed E-state index contributed by atoms with van der Waals surface area (Å²) in [6.45, 7) is 4.46. The molecular formula is C18H17ClN4O5. The normalized spacial score (nSPS) is 14.9. The van der Waals surface area contributed by atoms with E-state index in [4.69, 9.17) is 16.3 Å². The molecule has 146 valence electrons. The van der Waals surface area contributed by atoms with Gasteiger partial charge in [-0.3, -0.25) is 14.5 Å². The molecule has 2 amide bonds. The van der Waals surface area contributed by atoms with Crippen LogP contribution in [0.4, 0.5) is 17.3 Å². The number of hydrogen-bond acceptors (Lipinski definition) is 6. The van der Waals surface area contributed by atoms with Crippen LogP contribution in [-0.4, -0.2) is 33.9 Å². The fourth-order valence-corrected chi connectivity index (χ4v) is 2.94. The molecule has 2 heterocycles. The van der Waals surface area contributed by atoms with Crippen molar-refractivity contribution >= 4 is 40.7 Å². The molecule has 0 radical (unpaired) electrons. The average molecular weight is 405 g/mol. The third-order valence-corrected chi connectivity index (χ3v) is 4.65. The van der Waals surface area contributed by atoms with Crippen molar-refractivity contribution in [3.05, 3.63) is 51.0 Å². The van der Waals surface area contributed by atoms with Gasteiger partial charge in [-0.1, -0.05) is 17.7 Å². The van der Waals surface area contributed by atoms with E-state index in [1.807, 2.05) is 0 Å². The van der Waals surface area contributed by atoms with Crippen molar-refractivity contribution in [1.82, 2.24) is 4.98 Å². The molecule has 2 aromatic rings. The van der Waals surface area contributed by atoms with Crippen LogP contribution in [0, 0.1) is 17.0 Å². The van der Waals surface area contributed by atoms with Gasteiger partial charge in [0.25, 0.3) is 11.7 Å². The number of carbonyl (C=O) groups is 2. The lowest BCUT2D eigenvalue weighted by molar-refractivity contribution is -0.389. The Balaban J connectivity index is 1.92. The summed E-state index contributed by atoms with van der Waals surface area (Å²) < 4.78 is 5.61. The van der Waals surface area contributed by atoms with Crippen LogP contribution in [0.15, 0.2) is 30.3 Å².